The van der Waals surface area contributed by atoms with E-state index in [0.29, 0.717) is 6.04 Å². The highest BCUT2D eigenvalue weighted by Crippen LogP contribution is 2.14. The van der Waals surface area contributed by atoms with E-state index >= 15 is 0 Å². The minimum atomic E-state index is 0.498. The summed E-state index contributed by atoms with van der Waals surface area (Å²) in [4.78, 5) is 2.37. The van der Waals surface area contributed by atoms with Gasteiger partial charge >= 0.3 is 0 Å². The quantitative estimate of drug-likeness (QED) is 0.902. The van der Waals surface area contributed by atoms with Crippen molar-refractivity contribution < 1.29 is 0 Å². The molecule has 3 rings (SSSR count). The Balaban J connectivity index is 1.65. The van der Waals surface area contributed by atoms with E-state index in [2.05, 4.69) is 51.7 Å². The van der Waals surface area contributed by atoms with Crippen molar-refractivity contribution in [1.29, 1.82) is 0 Å². The molecule has 1 saturated heterocycles. The Hall–Kier alpha value is -1.81. The van der Waals surface area contributed by atoms with E-state index < -0.39 is 0 Å². The zero-order chi connectivity index (χ0) is 13.1. The van der Waals surface area contributed by atoms with Gasteiger partial charge in [-0.15, -0.1) is 0 Å². The van der Waals surface area contributed by atoms with Gasteiger partial charge in [0.2, 0.25) is 0 Å². The number of nitrogens with zero attached hydrogens (tertiary/aromatic N) is 3. The summed E-state index contributed by atoms with van der Waals surface area (Å²) in [5, 5.41) is 8.09. The fraction of sp³-hybridized carbons (Fsp3) is 0.400. The summed E-state index contributed by atoms with van der Waals surface area (Å²) in [6.07, 6.45) is 3.08. The van der Waals surface area contributed by atoms with Gasteiger partial charge < -0.3 is 10.2 Å². The van der Waals surface area contributed by atoms with Crippen molar-refractivity contribution >= 4 is 5.82 Å². The fourth-order valence-electron chi connectivity index (χ4n) is 2.64. The summed E-state index contributed by atoms with van der Waals surface area (Å²) < 4.78 is 1.86. The van der Waals surface area contributed by atoms with E-state index in [1.165, 1.54) is 5.56 Å². The molecule has 1 unspecified atom stereocenters. The molecule has 1 aliphatic heterocycles. The van der Waals surface area contributed by atoms with Crippen LogP contribution in [0.15, 0.2) is 42.6 Å². The molecule has 100 valence electrons. The predicted molar refractivity (Wildman–Crippen MR) is 77.4 cm³/mol. The average Bonchev–Trinajstić information content (AvgIpc) is 2.87. The molecule has 0 aliphatic carbocycles. The van der Waals surface area contributed by atoms with Gasteiger partial charge in [-0.25, -0.2) is 0 Å². The summed E-state index contributed by atoms with van der Waals surface area (Å²) in [5.41, 5.74) is 1.39. The summed E-state index contributed by atoms with van der Waals surface area (Å²) >= 11 is 0. The highest BCUT2D eigenvalue weighted by Gasteiger charge is 2.20. The molecule has 0 bridgehead atoms. The predicted octanol–water partition coefficient (Wildman–Crippen LogP) is 1.44. The van der Waals surface area contributed by atoms with Gasteiger partial charge in [-0.2, -0.15) is 5.10 Å². The molecule has 0 saturated carbocycles. The lowest BCUT2D eigenvalue weighted by molar-refractivity contribution is 0.452. The Morgan fingerprint density at radius 1 is 1.26 bits per heavy atom. The standard InChI is InChI=1S/C15H20N4/c1-18-9-7-15(17-18)19-10-8-16-14(12-19)11-13-5-3-2-4-6-13/h2-7,9,14,16H,8,10-12H2,1H3. The summed E-state index contributed by atoms with van der Waals surface area (Å²) in [6.45, 7) is 3.07. The summed E-state index contributed by atoms with van der Waals surface area (Å²) in [7, 11) is 1.97. The van der Waals surface area contributed by atoms with Crippen LogP contribution in [0.4, 0.5) is 5.82 Å². The van der Waals surface area contributed by atoms with Crippen LogP contribution >= 0.6 is 0 Å². The van der Waals surface area contributed by atoms with E-state index in [4.69, 9.17) is 0 Å². The second-order valence-corrected chi connectivity index (χ2v) is 5.13. The van der Waals surface area contributed by atoms with Crippen molar-refractivity contribution in [3.63, 3.8) is 0 Å². The van der Waals surface area contributed by atoms with Crippen molar-refractivity contribution in [3.05, 3.63) is 48.2 Å². The minimum Gasteiger partial charge on any atom is -0.352 e. The molecular weight excluding hydrogens is 236 g/mol. The number of rotatable bonds is 3. The Kier molecular flexibility index (Phi) is 3.51. The fourth-order valence-corrected chi connectivity index (χ4v) is 2.64. The number of nitrogens with one attached hydrogen (secondary N) is 1. The molecule has 0 radical (unpaired) electrons. The lowest BCUT2D eigenvalue weighted by Crippen LogP contribution is -2.51. The number of anilines is 1. The summed E-state index contributed by atoms with van der Waals surface area (Å²) in [5.74, 6) is 1.09. The van der Waals surface area contributed by atoms with Crippen LogP contribution in [0, 0.1) is 0 Å². The molecule has 2 heterocycles. The molecular formula is C15H20N4. The van der Waals surface area contributed by atoms with Crippen LogP contribution in [-0.2, 0) is 13.5 Å². The molecule has 2 aromatic rings. The lowest BCUT2D eigenvalue weighted by atomic mass is 10.0. The van der Waals surface area contributed by atoms with Gasteiger partial charge in [-0.1, -0.05) is 30.3 Å². The second kappa shape index (κ2) is 5.45. The maximum Gasteiger partial charge on any atom is 0.150 e. The molecule has 1 aromatic heterocycles. The molecule has 0 amide bonds. The normalized spacial score (nSPS) is 19.6. The maximum absolute atomic E-state index is 4.49. The molecule has 1 aliphatic rings. The van der Waals surface area contributed by atoms with Gasteiger partial charge in [0, 0.05) is 45.0 Å². The van der Waals surface area contributed by atoms with Gasteiger partial charge in [0.15, 0.2) is 5.82 Å². The first-order valence-corrected chi connectivity index (χ1v) is 6.83. The number of benzene rings is 1. The number of hydrogen-bond donors (Lipinski definition) is 1. The van der Waals surface area contributed by atoms with Gasteiger partial charge in [0.25, 0.3) is 0 Å². The molecule has 1 atom stereocenters. The largest absolute Gasteiger partial charge is 0.352 e. The first kappa shape index (κ1) is 12.2. The number of piperazine rings is 1. The highest BCUT2D eigenvalue weighted by atomic mass is 15.3. The summed E-state index contributed by atoms with van der Waals surface area (Å²) in [6, 6.07) is 13.3. The monoisotopic (exact) mass is 256 g/mol. The molecule has 4 nitrogen and oxygen atoms in total. The number of aryl methyl sites for hydroxylation is 1. The zero-order valence-corrected chi connectivity index (χ0v) is 11.3. The minimum absolute atomic E-state index is 0.498. The third kappa shape index (κ3) is 2.96. The van der Waals surface area contributed by atoms with Crippen molar-refractivity contribution in [3.8, 4) is 0 Å². The van der Waals surface area contributed by atoms with Crippen LogP contribution in [0.25, 0.3) is 0 Å². The van der Waals surface area contributed by atoms with E-state index in [0.717, 1.165) is 31.9 Å². The van der Waals surface area contributed by atoms with Crippen LogP contribution in [0.3, 0.4) is 0 Å². The van der Waals surface area contributed by atoms with Gasteiger partial charge in [-0.3, -0.25) is 4.68 Å². The zero-order valence-electron chi connectivity index (χ0n) is 11.3. The third-order valence-corrected chi connectivity index (χ3v) is 3.60. The molecule has 19 heavy (non-hydrogen) atoms. The SMILES string of the molecule is Cn1ccc(N2CCNC(Cc3ccccc3)C2)n1. The van der Waals surface area contributed by atoms with Crippen LogP contribution in [0.1, 0.15) is 5.56 Å². The van der Waals surface area contributed by atoms with Crippen LogP contribution in [-0.4, -0.2) is 35.5 Å². The average molecular weight is 256 g/mol. The van der Waals surface area contributed by atoms with Crippen LogP contribution < -0.4 is 10.2 Å². The Bertz CT molecular complexity index is 520. The van der Waals surface area contributed by atoms with Crippen LogP contribution in [0.2, 0.25) is 0 Å². The lowest BCUT2D eigenvalue weighted by Gasteiger charge is -2.34. The second-order valence-electron chi connectivity index (χ2n) is 5.13. The highest BCUT2D eigenvalue weighted by molar-refractivity contribution is 5.38. The maximum atomic E-state index is 4.49. The topological polar surface area (TPSA) is 33.1 Å². The molecule has 1 aromatic carbocycles. The Labute approximate surface area is 114 Å². The first-order valence-electron chi connectivity index (χ1n) is 6.83. The van der Waals surface area contributed by atoms with Gasteiger partial charge in [0.1, 0.15) is 0 Å². The first-order chi connectivity index (χ1) is 9.31. The van der Waals surface area contributed by atoms with E-state index in [1.807, 2.05) is 17.9 Å². The van der Waals surface area contributed by atoms with E-state index in [9.17, 15) is 0 Å². The number of aromatic nitrogens is 2. The van der Waals surface area contributed by atoms with Crippen LogP contribution in [0.5, 0.6) is 0 Å². The molecule has 1 fully saturated rings. The number of hydrogen-bond acceptors (Lipinski definition) is 3. The van der Waals surface area contributed by atoms with Crippen molar-refractivity contribution in [2.75, 3.05) is 24.5 Å². The Morgan fingerprint density at radius 3 is 2.84 bits per heavy atom. The van der Waals surface area contributed by atoms with Crippen molar-refractivity contribution in [2.45, 2.75) is 12.5 Å². The van der Waals surface area contributed by atoms with Crippen molar-refractivity contribution in [2.24, 2.45) is 7.05 Å². The molecule has 4 heteroatoms. The molecule has 0 spiro atoms. The third-order valence-electron chi connectivity index (χ3n) is 3.60. The van der Waals surface area contributed by atoms with Gasteiger partial charge in [0.05, 0.1) is 0 Å². The Morgan fingerprint density at radius 2 is 2.11 bits per heavy atom. The smallest absolute Gasteiger partial charge is 0.150 e. The van der Waals surface area contributed by atoms with E-state index in [1.54, 1.807) is 0 Å². The van der Waals surface area contributed by atoms with E-state index in [-0.39, 0.29) is 0 Å². The van der Waals surface area contributed by atoms with Gasteiger partial charge in [-0.05, 0) is 12.0 Å². The van der Waals surface area contributed by atoms with Crippen molar-refractivity contribution in [1.82, 2.24) is 15.1 Å². The molecule has 1 N–H and O–H groups in total.